The number of methoxy groups -OCH3 is 1. The van der Waals surface area contributed by atoms with Gasteiger partial charge >= 0.3 is 6.09 Å². The molecule has 1 aliphatic carbocycles. The van der Waals surface area contributed by atoms with Crippen molar-refractivity contribution in [2.45, 2.75) is 44.8 Å². The molecule has 2 amide bonds. The van der Waals surface area contributed by atoms with Crippen LogP contribution in [0.15, 0.2) is 6.20 Å². The second-order valence-corrected chi connectivity index (χ2v) is 7.70. The summed E-state index contributed by atoms with van der Waals surface area (Å²) >= 11 is 2.18. The number of aromatic amines is 1. The molecule has 3 rings (SSSR count). The minimum Gasteiger partial charge on any atom is -0.453 e. The average Bonchev–Trinajstić information content (AvgIpc) is 2.96. The van der Waals surface area contributed by atoms with E-state index in [1.807, 2.05) is 18.7 Å². The lowest BCUT2D eigenvalue weighted by atomic mass is 10.0. The van der Waals surface area contributed by atoms with E-state index in [-0.39, 0.29) is 23.9 Å². The quantitative estimate of drug-likeness (QED) is 0.714. The Morgan fingerprint density at radius 1 is 1.48 bits per heavy atom. The van der Waals surface area contributed by atoms with Crippen molar-refractivity contribution in [2.24, 2.45) is 11.8 Å². The molecule has 1 unspecified atom stereocenters. The number of likely N-dealkylation sites (tertiary alicyclic amines) is 1. The van der Waals surface area contributed by atoms with Crippen molar-refractivity contribution in [1.29, 1.82) is 0 Å². The number of hydrogen-bond donors (Lipinski definition) is 2. The third-order valence-corrected chi connectivity index (χ3v) is 5.18. The number of rotatable bonds is 4. The fourth-order valence-corrected chi connectivity index (χ4v) is 3.78. The molecule has 1 saturated heterocycles. The van der Waals surface area contributed by atoms with Crippen LogP contribution in [0.5, 0.6) is 0 Å². The van der Waals surface area contributed by atoms with Crippen molar-refractivity contribution < 1.29 is 14.3 Å². The molecule has 1 aromatic rings. The van der Waals surface area contributed by atoms with E-state index in [0.717, 1.165) is 22.4 Å². The van der Waals surface area contributed by atoms with Crippen LogP contribution in [-0.4, -0.2) is 46.1 Å². The van der Waals surface area contributed by atoms with Crippen LogP contribution in [-0.2, 0) is 9.53 Å². The van der Waals surface area contributed by atoms with Gasteiger partial charge in [0.1, 0.15) is 11.9 Å². The predicted octanol–water partition coefficient (Wildman–Crippen LogP) is 2.06. The highest BCUT2D eigenvalue weighted by molar-refractivity contribution is 14.1. The van der Waals surface area contributed by atoms with Crippen LogP contribution in [0.4, 0.5) is 4.79 Å². The number of imidazole rings is 1. The zero-order valence-electron chi connectivity index (χ0n) is 13.4. The molecule has 1 aromatic heterocycles. The Morgan fingerprint density at radius 3 is 2.78 bits per heavy atom. The first kappa shape index (κ1) is 16.5. The van der Waals surface area contributed by atoms with E-state index in [9.17, 15) is 9.59 Å². The zero-order valence-corrected chi connectivity index (χ0v) is 15.5. The number of halogens is 1. The molecule has 2 heterocycles. The van der Waals surface area contributed by atoms with Crippen LogP contribution in [0.25, 0.3) is 0 Å². The molecule has 4 atom stereocenters. The van der Waals surface area contributed by atoms with Crippen molar-refractivity contribution in [1.82, 2.24) is 20.2 Å². The molecule has 2 fully saturated rings. The Hall–Kier alpha value is -1.32. The van der Waals surface area contributed by atoms with Gasteiger partial charge in [0.25, 0.3) is 0 Å². The van der Waals surface area contributed by atoms with Gasteiger partial charge in [0.2, 0.25) is 5.91 Å². The summed E-state index contributed by atoms with van der Waals surface area (Å²) in [5.41, 5.74) is 0. The van der Waals surface area contributed by atoms with Crippen molar-refractivity contribution in [2.75, 3.05) is 7.11 Å². The van der Waals surface area contributed by atoms with E-state index in [2.05, 4.69) is 42.6 Å². The number of hydrogen-bond acceptors (Lipinski definition) is 4. The van der Waals surface area contributed by atoms with Crippen LogP contribution in [0.2, 0.25) is 0 Å². The number of nitrogens with one attached hydrogen (secondary N) is 2. The maximum Gasteiger partial charge on any atom is 0.407 e. The van der Waals surface area contributed by atoms with E-state index >= 15 is 0 Å². The van der Waals surface area contributed by atoms with Gasteiger partial charge in [0.15, 0.2) is 0 Å². The lowest BCUT2D eigenvalue weighted by Crippen LogP contribution is -2.52. The molecule has 2 N–H and O–H groups in total. The van der Waals surface area contributed by atoms with Crippen LogP contribution < -0.4 is 5.32 Å². The van der Waals surface area contributed by atoms with Gasteiger partial charge in [-0.1, -0.05) is 13.8 Å². The van der Waals surface area contributed by atoms with Crippen molar-refractivity contribution in [3.8, 4) is 0 Å². The Bertz CT molecular complexity index is 618. The normalized spacial score (nSPS) is 26.8. The lowest BCUT2D eigenvalue weighted by Gasteiger charge is -2.31. The summed E-state index contributed by atoms with van der Waals surface area (Å²) in [6.45, 7) is 3.84. The van der Waals surface area contributed by atoms with Crippen LogP contribution in [0.1, 0.15) is 38.6 Å². The fraction of sp³-hybridized carbons (Fsp3) is 0.667. The number of aromatic nitrogens is 2. The third-order valence-electron chi connectivity index (χ3n) is 4.63. The van der Waals surface area contributed by atoms with E-state index in [1.54, 1.807) is 6.20 Å². The number of piperidine rings is 1. The summed E-state index contributed by atoms with van der Waals surface area (Å²) in [5, 5.41) is 2.67. The summed E-state index contributed by atoms with van der Waals surface area (Å²) in [5.74, 6) is 1.32. The van der Waals surface area contributed by atoms with Crippen molar-refractivity contribution in [3.05, 3.63) is 15.7 Å². The second-order valence-electron chi connectivity index (χ2n) is 6.53. The molecule has 23 heavy (non-hydrogen) atoms. The molecule has 0 aromatic carbocycles. The van der Waals surface area contributed by atoms with Crippen LogP contribution in [0, 0.1) is 15.5 Å². The smallest absolute Gasteiger partial charge is 0.407 e. The van der Waals surface area contributed by atoms with Gasteiger partial charge in [0, 0.05) is 6.04 Å². The number of carbonyl (C=O) groups excluding carboxylic acids is 2. The SMILES string of the molecule is COC(=O)N[C@H](C(=O)N1[C@@H]2CC2C[C@H]1c1ncc(I)[nH]1)C(C)C. The Balaban J connectivity index is 1.81. The molecule has 1 saturated carbocycles. The highest BCUT2D eigenvalue weighted by Crippen LogP contribution is 2.53. The molecule has 8 heteroatoms. The fourth-order valence-electron chi connectivity index (χ4n) is 3.36. The maximum atomic E-state index is 13.1. The maximum absolute atomic E-state index is 13.1. The Kier molecular flexibility index (Phi) is 4.52. The monoisotopic (exact) mass is 432 g/mol. The minimum absolute atomic E-state index is 0.0169. The van der Waals surface area contributed by atoms with Gasteiger partial charge in [-0.2, -0.15) is 0 Å². The number of alkyl carbamates (subject to hydrolysis) is 1. The summed E-state index contributed by atoms with van der Waals surface area (Å²) in [4.78, 5) is 34.2. The standard InChI is InChI=1S/C15H21IN4O3/c1-7(2)12(19-15(22)23-3)14(21)20-9-4-8(9)5-10(20)13-17-6-11(16)18-13/h6-10,12H,4-5H2,1-3H3,(H,17,18)(H,19,22)/t8?,9-,10+,12+/m1/s1. The number of H-pyrrole nitrogens is 1. The molecule has 0 radical (unpaired) electrons. The van der Waals surface area contributed by atoms with Crippen molar-refractivity contribution in [3.63, 3.8) is 0 Å². The first-order chi connectivity index (χ1) is 10.9. The topological polar surface area (TPSA) is 87.3 Å². The Morgan fingerprint density at radius 2 is 2.22 bits per heavy atom. The second kappa shape index (κ2) is 6.29. The molecule has 126 valence electrons. The zero-order chi connectivity index (χ0) is 16.7. The predicted molar refractivity (Wildman–Crippen MR) is 91.6 cm³/mol. The highest BCUT2D eigenvalue weighted by atomic mass is 127. The number of carbonyl (C=O) groups is 2. The van der Waals surface area contributed by atoms with E-state index in [0.29, 0.717) is 5.92 Å². The summed E-state index contributed by atoms with van der Waals surface area (Å²) in [6, 6.07) is -0.343. The largest absolute Gasteiger partial charge is 0.453 e. The van der Waals surface area contributed by atoms with Crippen LogP contribution in [0.3, 0.4) is 0 Å². The average molecular weight is 432 g/mol. The van der Waals surface area contributed by atoms with Crippen molar-refractivity contribution >= 4 is 34.6 Å². The molecule has 0 spiro atoms. The van der Waals surface area contributed by atoms with Gasteiger partial charge in [-0.3, -0.25) is 4.79 Å². The molecule has 1 aliphatic heterocycles. The molecular weight excluding hydrogens is 411 g/mol. The molecular formula is C15H21IN4O3. The number of nitrogens with zero attached hydrogens (tertiary/aromatic N) is 2. The number of amides is 2. The first-order valence-corrected chi connectivity index (χ1v) is 8.87. The van der Waals surface area contributed by atoms with Gasteiger partial charge in [-0.05, 0) is 47.3 Å². The molecule has 2 aliphatic rings. The molecule has 0 bridgehead atoms. The highest BCUT2D eigenvalue weighted by Gasteiger charge is 2.56. The van der Waals surface area contributed by atoms with Crippen LogP contribution >= 0.6 is 22.6 Å². The summed E-state index contributed by atoms with van der Waals surface area (Å²) in [6.07, 6.45) is 3.18. The van der Waals surface area contributed by atoms with E-state index in [1.165, 1.54) is 7.11 Å². The summed E-state index contributed by atoms with van der Waals surface area (Å²) in [7, 11) is 1.30. The summed E-state index contributed by atoms with van der Waals surface area (Å²) < 4.78 is 5.61. The van der Waals surface area contributed by atoms with Gasteiger partial charge in [-0.25, -0.2) is 9.78 Å². The van der Waals surface area contributed by atoms with Gasteiger partial charge in [0.05, 0.1) is 23.0 Å². The Labute approximate surface area is 148 Å². The van der Waals surface area contributed by atoms with Gasteiger partial charge in [-0.15, -0.1) is 0 Å². The molecule has 7 nitrogen and oxygen atoms in total. The number of fused-ring (bicyclic) bond motifs is 1. The minimum atomic E-state index is -0.585. The third kappa shape index (κ3) is 3.17. The van der Waals surface area contributed by atoms with Gasteiger partial charge < -0.3 is 19.9 Å². The lowest BCUT2D eigenvalue weighted by molar-refractivity contribution is -0.136. The number of ether oxygens (including phenoxy) is 1. The van der Waals surface area contributed by atoms with E-state index in [4.69, 9.17) is 0 Å². The first-order valence-electron chi connectivity index (χ1n) is 7.79. The van der Waals surface area contributed by atoms with E-state index < -0.39 is 12.1 Å².